The van der Waals surface area contributed by atoms with Crippen molar-refractivity contribution in [3.63, 3.8) is 0 Å². The summed E-state index contributed by atoms with van der Waals surface area (Å²) in [5.74, 6) is -0.905. The van der Waals surface area contributed by atoms with Crippen molar-refractivity contribution in [1.82, 2.24) is 15.1 Å². The third-order valence-corrected chi connectivity index (χ3v) is 4.01. The Bertz CT molecular complexity index is 345. The predicted octanol–water partition coefficient (Wildman–Crippen LogP) is 1.22. The molecule has 116 valence electrons. The van der Waals surface area contributed by atoms with E-state index in [1.165, 1.54) is 4.90 Å². The lowest BCUT2D eigenvalue weighted by molar-refractivity contribution is -0.142. The van der Waals surface area contributed by atoms with Gasteiger partial charge in [-0.2, -0.15) is 0 Å². The molecule has 1 saturated heterocycles. The molecule has 6 nitrogen and oxygen atoms in total. The number of hydrogen-bond acceptors (Lipinski definition) is 3. The van der Waals surface area contributed by atoms with Gasteiger partial charge in [-0.1, -0.05) is 20.8 Å². The fraction of sp³-hybridized carbons (Fsp3) is 0.857. The van der Waals surface area contributed by atoms with E-state index in [9.17, 15) is 14.7 Å². The molecule has 0 spiro atoms. The van der Waals surface area contributed by atoms with Crippen LogP contribution in [0.2, 0.25) is 0 Å². The Morgan fingerprint density at radius 3 is 2.50 bits per heavy atom. The van der Waals surface area contributed by atoms with Gasteiger partial charge >= 0.3 is 12.0 Å². The summed E-state index contributed by atoms with van der Waals surface area (Å²) in [6, 6.07) is -0.954. The quantitative estimate of drug-likeness (QED) is 0.769. The van der Waals surface area contributed by atoms with Crippen LogP contribution in [0, 0.1) is 5.92 Å². The Hall–Kier alpha value is -1.30. The molecule has 0 saturated carbocycles. The molecule has 0 aromatic heterocycles. The summed E-state index contributed by atoms with van der Waals surface area (Å²) in [5, 5.41) is 12.1. The number of likely N-dealkylation sites (tertiary alicyclic amines) is 1. The van der Waals surface area contributed by atoms with Crippen LogP contribution in [-0.4, -0.2) is 65.2 Å². The highest BCUT2D eigenvalue weighted by molar-refractivity contribution is 5.83. The standard InChI is InChI=1S/C14H27N3O3/c1-5-16(6-2)9-11(4)15-14(20)17-8-7-10(3)12(17)13(18)19/h10-12H,5-9H2,1-4H3,(H,15,20)(H,18,19). The summed E-state index contributed by atoms with van der Waals surface area (Å²) in [5.41, 5.74) is 0. The molecule has 3 unspecified atom stereocenters. The smallest absolute Gasteiger partial charge is 0.326 e. The van der Waals surface area contributed by atoms with Gasteiger partial charge in [-0.25, -0.2) is 9.59 Å². The fourth-order valence-corrected chi connectivity index (χ4v) is 2.76. The number of carbonyl (C=O) groups is 2. The first-order valence-corrected chi connectivity index (χ1v) is 7.42. The van der Waals surface area contributed by atoms with Crippen molar-refractivity contribution >= 4 is 12.0 Å². The molecule has 6 heteroatoms. The van der Waals surface area contributed by atoms with Gasteiger partial charge in [0.25, 0.3) is 0 Å². The molecule has 0 aromatic rings. The second kappa shape index (κ2) is 7.47. The molecular weight excluding hydrogens is 258 g/mol. The summed E-state index contributed by atoms with van der Waals surface area (Å²) in [6.45, 7) is 11.2. The molecule has 20 heavy (non-hydrogen) atoms. The lowest BCUT2D eigenvalue weighted by atomic mass is 10.0. The minimum absolute atomic E-state index is 0.00718. The van der Waals surface area contributed by atoms with Crippen molar-refractivity contribution in [3.8, 4) is 0 Å². The second-order valence-electron chi connectivity index (χ2n) is 5.58. The van der Waals surface area contributed by atoms with Crippen LogP contribution in [0.15, 0.2) is 0 Å². The number of carboxylic acid groups (broad SMARTS) is 1. The normalized spacial score (nSPS) is 23.9. The average Bonchev–Trinajstić information content (AvgIpc) is 2.77. The average molecular weight is 285 g/mol. The summed E-state index contributed by atoms with van der Waals surface area (Å²) in [4.78, 5) is 27.1. The van der Waals surface area contributed by atoms with Crippen molar-refractivity contribution in [1.29, 1.82) is 0 Å². The maximum Gasteiger partial charge on any atom is 0.326 e. The zero-order valence-electron chi connectivity index (χ0n) is 12.9. The van der Waals surface area contributed by atoms with Gasteiger partial charge in [0.15, 0.2) is 0 Å². The van der Waals surface area contributed by atoms with E-state index in [1.54, 1.807) is 0 Å². The van der Waals surface area contributed by atoms with Gasteiger partial charge in [-0.15, -0.1) is 0 Å². The zero-order valence-corrected chi connectivity index (χ0v) is 12.9. The van der Waals surface area contributed by atoms with Crippen molar-refractivity contribution < 1.29 is 14.7 Å². The van der Waals surface area contributed by atoms with Crippen LogP contribution >= 0.6 is 0 Å². The summed E-state index contributed by atoms with van der Waals surface area (Å²) in [6.07, 6.45) is 0.745. The molecule has 1 heterocycles. The maximum absolute atomic E-state index is 12.2. The minimum atomic E-state index is -0.915. The number of nitrogens with one attached hydrogen (secondary N) is 1. The first-order chi connectivity index (χ1) is 9.40. The van der Waals surface area contributed by atoms with Crippen LogP contribution in [0.3, 0.4) is 0 Å². The van der Waals surface area contributed by atoms with E-state index in [-0.39, 0.29) is 18.0 Å². The molecule has 2 amide bonds. The zero-order chi connectivity index (χ0) is 15.3. The van der Waals surface area contributed by atoms with Crippen LogP contribution in [0.1, 0.15) is 34.1 Å². The molecule has 1 rings (SSSR count). The number of carbonyl (C=O) groups excluding carboxylic acids is 1. The minimum Gasteiger partial charge on any atom is -0.480 e. The Morgan fingerprint density at radius 1 is 1.40 bits per heavy atom. The van der Waals surface area contributed by atoms with Gasteiger partial charge in [0, 0.05) is 19.1 Å². The monoisotopic (exact) mass is 285 g/mol. The first-order valence-electron chi connectivity index (χ1n) is 7.42. The second-order valence-corrected chi connectivity index (χ2v) is 5.58. The summed E-state index contributed by atoms with van der Waals surface area (Å²) in [7, 11) is 0. The summed E-state index contributed by atoms with van der Waals surface area (Å²) < 4.78 is 0. The van der Waals surface area contributed by atoms with E-state index in [1.807, 2.05) is 13.8 Å². The highest BCUT2D eigenvalue weighted by Gasteiger charge is 2.39. The van der Waals surface area contributed by atoms with E-state index in [0.29, 0.717) is 6.54 Å². The highest BCUT2D eigenvalue weighted by atomic mass is 16.4. The molecule has 0 aliphatic carbocycles. The van der Waals surface area contributed by atoms with Crippen LogP contribution in [-0.2, 0) is 4.79 Å². The van der Waals surface area contributed by atoms with Crippen LogP contribution in [0.4, 0.5) is 4.79 Å². The van der Waals surface area contributed by atoms with Crippen LogP contribution in [0.25, 0.3) is 0 Å². The topological polar surface area (TPSA) is 72.9 Å². The van der Waals surface area contributed by atoms with Gasteiger partial charge in [-0.05, 0) is 32.4 Å². The number of nitrogens with zero attached hydrogens (tertiary/aromatic N) is 2. The number of urea groups is 1. The van der Waals surface area contributed by atoms with E-state index < -0.39 is 12.0 Å². The maximum atomic E-state index is 12.2. The predicted molar refractivity (Wildman–Crippen MR) is 77.7 cm³/mol. The fourth-order valence-electron chi connectivity index (χ4n) is 2.76. The SMILES string of the molecule is CCN(CC)CC(C)NC(=O)N1CCC(C)C1C(=O)O. The van der Waals surface area contributed by atoms with Crippen LogP contribution in [0.5, 0.6) is 0 Å². The Balaban J connectivity index is 2.55. The number of rotatable bonds is 6. The Morgan fingerprint density at radius 2 is 2.00 bits per heavy atom. The van der Waals surface area contributed by atoms with Gasteiger partial charge in [-0.3, -0.25) is 0 Å². The first kappa shape index (κ1) is 16.8. The number of hydrogen-bond donors (Lipinski definition) is 2. The number of aliphatic carboxylic acids is 1. The molecule has 1 aliphatic heterocycles. The lowest BCUT2D eigenvalue weighted by Gasteiger charge is -2.28. The molecule has 0 radical (unpaired) electrons. The molecule has 1 aliphatic rings. The molecule has 0 bridgehead atoms. The van der Waals surface area contributed by atoms with E-state index >= 15 is 0 Å². The molecule has 3 atom stereocenters. The largest absolute Gasteiger partial charge is 0.480 e. The van der Waals surface area contributed by atoms with Gasteiger partial charge < -0.3 is 20.2 Å². The summed E-state index contributed by atoms with van der Waals surface area (Å²) >= 11 is 0. The molecule has 1 fully saturated rings. The van der Waals surface area contributed by atoms with Gasteiger partial charge in [0.05, 0.1) is 0 Å². The van der Waals surface area contributed by atoms with Gasteiger partial charge in [0.1, 0.15) is 6.04 Å². The van der Waals surface area contributed by atoms with Crippen molar-refractivity contribution in [3.05, 3.63) is 0 Å². The number of amides is 2. The highest BCUT2D eigenvalue weighted by Crippen LogP contribution is 2.24. The number of carboxylic acids is 1. The van der Waals surface area contributed by atoms with E-state index in [4.69, 9.17) is 0 Å². The molecular formula is C14H27N3O3. The van der Waals surface area contributed by atoms with Crippen molar-refractivity contribution in [2.45, 2.75) is 46.2 Å². The third kappa shape index (κ3) is 4.10. The van der Waals surface area contributed by atoms with Gasteiger partial charge in [0.2, 0.25) is 0 Å². The van der Waals surface area contributed by atoms with Crippen LogP contribution < -0.4 is 5.32 Å². The third-order valence-electron chi connectivity index (χ3n) is 4.01. The number of likely N-dealkylation sites (N-methyl/N-ethyl adjacent to an activating group) is 1. The molecule has 2 N–H and O–H groups in total. The lowest BCUT2D eigenvalue weighted by Crippen LogP contribution is -2.51. The Kier molecular flexibility index (Phi) is 6.26. The Labute approximate surface area is 121 Å². The molecule has 0 aromatic carbocycles. The van der Waals surface area contributed by atoms with Crippen molar-refractivity contribution in [2.75, 3.05) is 26.2 Å². The van der Waals surface area contributed by atoms with Crippen molar-refractivity contribution in [2.24, 2.45) is 5.92 Å². The van der Waals surface area contributed by atoms with E-state index in [0.717, 1.165) is 26.1 Å². The van der Waals surface area contributed by atoms with E-state index in [2.05, 4.69) is 24.1 Å².